The molecular formula is C8H6BrIO2. The first-order valence-corrected chi connectivity index (χ1v) is 5.09. The largest absolute Gasteiger partial charge is 0.478 e. The lowest BCUT2D eigenvalue weighted by atomic mass is 10.1. The maximum absolute atomic E-state index is 10.7. The number of carbonyl (C=O) groups is 1. The van der Waals surface area contributed by atoms with E-state index in [2.05, 4.69) is 38.5 Å². The highest BCUT2D eigenvalue weighted by atomic mass is 127. The quantitative estimate of drug-likeness (QED) is 0.798. The maximum Gasteiger partial charge on any atom is 0.335 e. The number of benzene rings is 1. The van der Waals surface area contributed by atoms with E-state index in [4.69, 9.17) is 5.11 Å². The summed E-state index contributed by atoms with van der Waals surface area (Å²) in [5.74, 6) is -0.877. The monoisotopic (exact) mass is 340 g/mol. The highest BCUT2D eigenvalue weighted by Gasteiger charge is 2.10. The summed E-state index contributed by atoms with van der Waals surface area (Å²) in [4.78, 5) is 10.7. The van der Waals surface area contributed by atoms with Gasteiger partial charge in [-0.3, -0.25) is 0 Å². The highest BCUT2D eigenvalue weighted by Crippen LogP contribution is 2.24. The molecule has 1 rings (SSSR count). The van der Waals surface area contributed by atoms with Crippen LogP contribution in [0, 0.1) is 10.5 Å². The van der Waals surface area contributed by atoms with Crippen molar-refractivity contribution in [3.8, 4) is 0 Å². The zero-order chi connectivity index (χ0) is 9.30. The summed E-state index contributed by atoms with van der Waals surface area (Å²) >= 11 is 5.45. The molecule has 0 spiro atoms. The number of halogens is 2. The number of carboxylic acids is 1. The van der Waals surface area contributed by atoms with Gasteiger partial charge in [0, 0.05) is 8.04 Å². The van der Waals surface area contributed by atoms with Gasteiger partial charge in [0.25, 0.3) is 0 Å². The van der Waals surface area contributed by atoms with Crippen LogP contribution >= 0.6 is 38.5 Å². The molecule has 4 heteroatoms. The second-order valence-corrected chi connectivity index (χ2v) is 4.27. The molecule has 0 unspecified atom stereocenters. The second-order valence-electron chi connectivity index (χ2n) is 2.34. The van der Waals surface area contributed by atoms with Crippen molar-refractivity contribution >= 4 is 44.5 Å². The van der Waals surface area contributed by atoms with E-state index in [0.717, 1.165) is 13.6 Å². The number of hydrogen-bond acceptors (Lipinski definition) is 1. The van der Waals surface area contributed by atoms with Crippen molar-refractivity contribution in [3.05, 3.63) is 31.3 Å². The molecular weight excluding hydrogens is 335 g/mol. The van der Waals surface area contributed by atoms with Crippen molar-refractivity contribution in [1.82, 2.24) is 0 Å². The first-order valence-electron chi connectivity index (χ1n) is 3.22. The van der Waals surface area contributed by atoms with Crippen molar-refractivity contribution in [3.63, 3.8) is 0 Å². The molecule has 12 heavy (non-hydrogen) atoms. The molecule has 0 aliphatic carbocycles. The average molecular weight is 341 g/mol. The first-order chi connectivity index (χ1) is 5.54. The Balaban J connectivity index is 3.36. The Hall–Kier alpha value is -0.100. The van der Waals surface area contributed by atoms with E-state index in [0.29, 0.717) is 5.56 Å². The summed E-state index contributed by atoms with van der Waals surface area (Å²) in [7, 11) is 0. The standard InChI is InChI=1S/C8H6BrIO2/c1-4-5(8(11)12)2-3-6(9)7(4)10/h2-3H,1H3,(H,11,12). The fourth-order valence-electron chi connectivity index (χ4n) is 0.884. The van der Waals surface area contributed by atoms with E-state index in [-0.39, 0.29) is 0 Å². The minimum absolute atomic E-state index is 0.364. The van der Waals surface area contributed by atoms with Crippen LogP contribution in [0.15, 0.2) is 16.6 Å². The van der Waals surface area contributed by atoms with Gasteiger partial charge in [-0.25, -0.2) is 4.79 Å². The number of rotatable bonds is 1. The number of hydrogen-bond donors (Lipinski definition) is 1. The predicted octanol–water partition coefficient (Wildman–Crippen LogP) is 3.06. The van der Waals surface area contributed by atoms with Gasteiger partial charge in [0.05, 0.1) is 5.56 Å². The van der Waals surface area contributed by atoms with Crippen LogP contribution in [0.4, 0.5) is 0 Å². The Kier molecular flexibility index (Phi) is 3.11. The van der Waals surface area contributed by atoms with E-state index >= 15 is 0 Å². The Morgan fingerprint density at radius 3 is 2.67 bits per heavy atom. The van der Waals surface area contributed by atoms with Gasteiger partial charge in [-0.1, -0.05) is 0 Å². The zero-order valence-corrected chi connectivity index (χ0v) is 10.0. The van der Waals surface area contributed by atoms with Gasteiger partial charge in [0.2, 0.25) is 0 Å². The molecule has 0 bridgehead atoms. The van der Waals surface area contributed by atoms with Gasteiger partial charge >= 0.3 is 5.97 Å². The van der Waals surface area contributed by atoms with Crippen LogP contribution in [0.3, 0.4) is 0 Å². The first kappa shape index (κ1) is 9.98. The van der Waals surface area contributed by atoms with Crippen LogP contribution < -0.4 is 0 Å². The summed E-state index contributed by atoms with van der Waals surface area (Å²) < 4.78 is 1.89. The molecule has 0 heterocycles. The minimum Gasteiger partial charge on any atom is -0.478 e. The third-order valence-corrected chi connectivity index (χ3v) is 4.36. The van der Waals surface area contributed by atoms with E-state index in [1.807, 2.05) is 0 Å². The third kappa shape index (κ3) is 1.80. The average Bonchev–Trinajstić information content (AvgIpc) is 2.00. The number of carboxylic acid groups (broad SMARTS) is 1. The van der Waals surface area contributed by atoms with Crippen LogP contribution in [0.25, 0.3) is 0 Å². The van der Waals surface area contributed by atoms with Gasteiger partial charge in [0.15, 0.2) is 0 Å². The molecule has 0 aromatic heterocycles. The molecule has 0 saturated heterocycles. The third-order valence-electron chi connectivity index (χ3n) is 1.57. The van der Waals surface area contributed by atoms with Crippen LogP contribution in [0.2, 0.25) is 0 Å². The molecule has 1 N–H and O–H groups in total. The molecule has 0 radical (unpaired) electrons. The predicted molar refractivity (Wildman–Crippen MR) is 58.6 cm³/mol. The number of aromatic carboxylic acids is 1. The van der Waals surface area contributed by atoms with Crippen molar-refractivity contribution in [2.45, 2.75) is 6.92 Å². The van der Waals surface area contributed by atoms with Crippen LogP contribution in [-0.2, 0) is 0 Å². The maximum atomic E-state index is 10.7. The van der Waals surface area contributed by atoms with Gasteiger partial charge in [-0.15, -0.1) is 0 Å². The van der Waals surface area contributed by atoms with Gasteiger partial charge in [0.1, 0.15) is 0 Å². The van der Waals surface area contributed by atoms with Crippen LogP contribution in [0.1, 0.15) is 15.9 Å². The molecule has 64 valence electrons. The van der Waals surface area contributed by atoms with Crippen molar-refractivity contribution < 1.29 is 9.90 Å². The lowest BCUT2D eigenvalue weighted by molar-refractivity contribution is 0.0696. The second kappa shape index (κ2) is 3.74. The molecule has 0 atom stereocenters. The van der Waals surface area contributed by atoms with Gasteiger partial charge < -0.3 is 5.11 Å². The van der Waals surface area contributed by atoms with E-state index in [1.165, 1.54) is 0 Å². The van der Waals surface area contributed by atoms with E-state index < -0.39 is 5.97 Å². The van der Waals surface area contributed by atoms with Gasteiger partial charge in [-0.05, 0) is 63.1 Å². The fourth-order valence-corrected chi connectivity index (χ4v) is 1.78. The molecule has 0 aliphatic rings. The fraction of sp³-hybridized carbons (Fsp3) is 0.125. The van der Waals surface area contributed by atoms with Crippen LogP contribution in [-0.4, -0.2) is 11.1 Å². The Bertz CT molecular complexity index is 336. The summed E-state index contributed by atoms with van der Waals surface area (Å²) in [6, 6.07) is 3.35. The molecule has 0 fully saturated rings. The molecule has 2 nitrogen and oxygen atoms in total. The van der Waals surface area contributed by atoms with Crippen molar-refractivity contribution in [2.24, 2.45) is 0 Å². The summed E-state index contributed by atoms with van der Waals surface area (Å²) in [5.41, 5.74) is 1.17. The van der Waals surface area contributed by atoms with Crippen molar-refractivity contribution in [1.29, 1.82) is 0 Å². The van der Waals surface area contributed by atoms with E-state index in [9.17, 15) is 4.79 Å². The highest BCUT2D eigenvalue weighted by molar-refractivity contribution is 14.1. The lowest BCUT2D eigenvalue weighted by Gasteiger charge is -2.04. The molecule has 0 amide bonds. The zero-order valence-electron chi connectivity index (χ0n) is 6.27. The molecule has 1 aromatic rings. The smallest absolute Gasteiger partial charge is 0.335 e. The Morgan fingerprint density at radius 1 is 1.58 bits per heavy atom. The van der Waals surface area contributed by atoms with Crippen LogP contribution in [0.5, 0.6) is 0 Å². The lowest BCUT2D eigenvalue weighted by Crippen LogP contribution is -2.01. The topological polar surface area (TPSA) is 37.3 Å². The Labute approximate surface area is 92.2 Å². The van der Waals surface area contributed by atoms with Gasteiger partial charge in [-0.2, -0.15) is 0 Å². The van der Waals surface area contributed by atoms with Crippen molar-refractivity contribution in [2.75, 3.05) is 0 Å². The SMILES string of the molecule is Cc1c(C(=O)O)ccc(Br)c1I. The summed E-state index contributed by atoms with van der Waals surface area (Å²) in [5, 5.41) is 8.76. The van der Waals surface area contributed by atoms with E-state index in [1.54, 1.807) is 19.1 Å². The summed E-state index contributed by atoms with van der Waals surface area (Å²) in [6.07, 6.45) is 0. The summed E-state index contributed by atoms with van der Waals surface area (Å²) in [6.45, 7) is 1.80. The normalized spacial score (nSPS) is 9.92. The Morgan fingerprint density at radius 2 is 2.17 bits per heavy atom. The molecule has 0 aliphatic heterocycles. The molecule has 1 aromatic carbocycles. The molecule has 0 saturated carbocycles. The minimum atomic E-state index is -0.877.